The highest BCUT2D eigenvalue weighted by Gasteiger charge is 2.14. The molecule has 1 aromatic rings. The zero-order valence-electron chi connectivity index (χ0n) is 11.5. The fourth-order valence-electron chi connectivity index (χ4n) is 2.76. The first-order valence-corrected chi connectivity index (χ1v) is 7.10. The standard InChI is InChI=1S/C15H22N2O2/c1-11-9-14(13(10-17-11)15(18)19)16-8-7-12-5-3-2-4-6-12/h9-10,12H,2-8H2,1H3,(H,16,17)(H,18,19). The van der Waals surface area contributed by atoms with Crippen LogP contribution in [0.15, 0.2) is 12.3 Å². The van der Waals surface area contributed by atoms with Gasteiger partial charge in [-0.15, -0.1) is 0 Å². The van der Waals surface area contributed by atoms with Crippen molar-refractivity contribution in [2.45, 2.75) is 45.4 Å². The van der Waals surface area contributed by atoms with E-state index in [4.69, 9.17) is 5.11 Å². The number of aromatic carboxylic acids is 1. The van der Waals surface area contributed by atoms with Crippen molar-refractivity contribution in [1.82, 2.24) is 4.98 Å². The molecule has 0 unspecified atom stereocenters. The molecule has 1 heterocycles. The Bertz CT molecular complexity index is 440. The molecule has 2 N–H and O–H groups in total. The Morgan fingerprint density at radius 3 is 2.84 bits per heavy atom. The average molecular weight is 262 g/mol. The fraction of sp³-hybridized carbons (Fsp3) is 0.600. The maximum atomic E-state index is 11.1. The van der Waals surface area contributed by atoms with Crippen LogP contribution in [-0.4, -0.2) is 22.6 Å². The lowest BCUT2D eigenvalue weighted by molar-refractivity contribution is 0.0697. The zero-order chi connectivity index (χ0) is 13.7. The molecule has 4 heteroatoms. The highest BCUT2D eigenvalue weighted by atomic mass is 16.4. The van der Waals surface area contributed by atoms with Gasteiger partial charge in [0.15, 0.2) is 0 Å². The second-order valence-electron chi connectivity index (χ2n) is 5.40. The summed E-state index contributed by atoms with van der Waals surface area (Å²) in [5, 5.41) is 12.4. The minimum Gasteiger partial charge on any atom is -0.478 e. The van der Waals surface area contributed by atoms with Gasteiger partial charge in [-0.1, -0.05) is 32.1 Å². The van der Waals surface area contributed by atoms with Gasteiger partial charge in [0, 0.05) is 18.4 Å². The van der Waals surface area contributed by atoms with E-state index in [1.54, 1.807) is 0 Å². The second-order valence-corrected chi connectivity index (χ2v) is 5.40. The van der Waals surface area contributed by atoms with Crippen molar-refractivity contribution in [3.63, 3.8) is 0 Å². The zero-order valence-corrected chi connectivity index (χ0v) is 11.5. The summed E-state index contributed by atoms with van der Waals surface area (Å²) in [5.41, 5.74) is 1.79. The summed E-state index contributed by atoms with van der Waals surface area (Å²) in [5.74, 6) is -0.120. The van der Waals surface area contributed by atoms with E-state index in [1.807, 2.05) is 13.0 Å². The molecule has 0 radical (unpaired) electrons. The van der Waals surface area contributed by atoms with Crippen molar-refractivity contribution in [3.8, 4) is 0 Å². The number of carboxylic acid groups (broad SMARTS) is 1. The number of rotatable bonds is 5. The predicted molar refractivity (Wildman–Crippen MR) is 75.6 cm³/mol. The van der Waals surface area contributed by atoms with Crippen molar-refractivity contribution in [1.29, 1.82) is 0 Å². The smallest absolute Gasteiger partial charge is 0.339 e. The molecule has 104 valence electrons. The van der Waals surface area contributed by atoms with Crippen molar-refractivity contribution in [2.75, 3.05) is 11.9 Å². The number of aromatic nitrogens is 1. The largest absolute Gasteiger partial charge is 0.478 e. The molecule has 1 fully saturated rings. The summed E-state index contributed by atoms with van der Waals surface area (Å²) in [7, 11) is 0. The molecule has 0 saturated heterocycles. The van der Waals surface area contributed by atoms with Gasteiger partial charge in [-0.3, -0.25) is 4.98 Å². The summed E-state index contributed by atoms with van der Waals surface area (Å²) in [6.07, 6.45) is 9.27. The van der Waals surface area contributed by atoms with Crippen LogP contribution in [0.1, 0.15) is 54.6 Å². The van der Waals surface area contributed by atoms with Gasteiger partial charge in [0.2, 0.25) is 0 Å². The van der Waals surface area contributed by atoms with Gasteiger partial charge in [0.05, 0.1) is 5.69 Å². The first-order valence-electron chi connectivity index (χ1n) is 7.10. The van der Waals surface area contributed by atoms with Gasteiger partial charge in [0.25, 0.3) is 0 Å². The van der Waals surface area contributed by atoms with Gasteiger partial charge in [-0.05, 0) is 25.3 Å². The summed E-state index contributed by atoms with van der Waals surface area (Å²) in [6.45, 7) is 2.71. The molecule has 0 bridgehead atoms. The highest BCUT2D eigenvalue weighted by molar-refractivity contribution is 5.93. The Kier molecular flexibility index (Phi) is 4.77. The number of carbonyl (C=O) groups is 1. The molecule has 0 atom stereocenters. The molecule has 1 aliphatic carbocycles. The average Bonchev–Trinajstić information content (AvgIpc) is 2.39. The van der Waals surface area contributed by atoms with Crippen LogP contribution in [0.3, 0.4) is 0 Å². The Balaban J connectivity index is 1.91. The number of hydrogen-bond acceptors (Lipinski definition) is 3. The van der Waals surface area contributed by atoms with E-state index < -0.39 is 5.97 Å². The molecule has 0 aromatic carbocycles. The van der Waals surface area contributed by atoms with E-state index in [2.05, 4.69) is 10.3 Å². The van der Waals surface area contributed by atoms with Crippen LogP contribution in [-0.2, 0) is 0 Å². The lowest BCUT2D eigenvalue weighted by atomic mass is 9.87. The topological polar surface area (TPSA) is 62.2 Å². The summed E-state index contributed by atoms with van der Waals surface area (Å²) in [6, 6.07) is 1.81. The maximum Gasteiger partial charge on any atom is 0.339 e. The van der Waals surface area contributed by atoms with E-state index in [-0.39, 0.29) is 5.56 Å². The number of pyridine rings is 1. The number of hydrogen-bond donors (Lipinski definition) is 2. The quantitative estimate of drug-likeness (QED) is 0.853. The molecule has 0 amide bonds. The summed E-state index contributed by atoms with van der Waals surface area (Å²) in [4.78, 5) is 15.2. The monoisotopic (exact) mass is 262 g/mol. The highest BCUT2D eigenvalue weighted by Crippen LogP contribution is 2.26. The van der Waals surface area contributed by atoms with Crippen molar-refractivity contribution < 1.29 is 9.90 Å². The Morgan fingerprint density at radius 1 is 1.42 bits per heavy atom. The summed E-state index contributed by atoms with van der Waals surface area (Å²) >= 11 is 0. The number of nitrogens with one attached hydrogen (secondary N) is 1. The normalized spacial score (nSPS) is 16.3. The minimum absolute atomic E-state index is 0.259. The van der Waals surface area contributed by atoms with E-state index in [0.29, 0.717) is 5.69 Å². The lowest BCUT2D eigenvalue weighted by Gasteiger charge is -2.21. The van der Waals surface area contributed by atoms with Crippen LogP contribution in [0, 0.1) is 12.8 Å². The minimum atomic E-state index is -0.923. The molecule has 1 aromatic heterocycles. The van der Waals surface area contributed by atoms with Gasteiger partial charge >= 0.3 is 5.97 Å². The third-order valence-electron chi connectivity index (χ3n) is 3.86. The third-order valence-corrected chi connectivity index (χ3v) is 3.86. The van der Waals surface area contributed by atoms with Gasteiger partial charge < -0.3 is 10.4 Å². The molecule has 19 heavy (non-hydrogen) atoms. The summed E-state index contributed by atoms with van der Waals surface area (Å²) < 4.78 is 0. The SMILES string of the molecule is Cc1cc(NCCC2CCCCC2)c(C(=O)O)cn1. The van der Waals surface area contributed by atoms with E-state index in [1.165, 1.54) is 38.3 Å². The van der Waals surface area contributed by atoms with Crippen molar-refractivity contribution in [2.24, 2.45) is 5.92 Å². The molecule has 1 saturated carbocycles. The number of nitrogens with zero attached hydrogens (tertiary/aromatic N) is 1. The molecular weight excluding hydrogens is 240 g/mol. The third kappa shape index (κ3) is 3.94. The first kappa shape index (κ1) is 13.8. The van der Waals surface area contributed by atoms with Crippen molar-refractivity contribution in [3.05, 3.63) is 23.5 Å². The molecule has 1 aliphatic rings. The number of aryl methyl sites for hydroxylation is 1. The van der Waals surface area contributed by atoms with Gasteiger partial charge in [-0.25, -0.2) is 4.79 Å². The number of anilines is 1. The predicted octanol–water partition coefficient (Wildman–Crippen LogP) is 3.47. The Morgan fingerprint density at radius 2 is 2.16 bits per heavy atom. The fourth-order valence-corrected chi connectivity index (χ4v) is 2.76. The maximum absolute atomic E-state index is 11.1. The van der Waals surface area contributed by atoms with Gasteiger partial charge in [0.1, 0.15) is 5.56 Å². The van der Waals surface area contributed by atoms with Crippen LogP contribution in [0.25, 0.3) is 0 Å². The molecule has 4 nitrogen and oxygen atoms in total. The van der Waals surface area contributed by atoms with Crippen LogP contribution in [0.5, 0.6) is 0 Å². The molecular formula is C15H22N2O2. The van der Waals surface area contributed by atoms with Crippen LogP contribution in [0.4, 0.5) is 5.69 Å². The van der Waals surface area contributed by atoms with E-state index in [0.717, 1.165) is 24.6 Å². The van der Waals surface area contributed by atoms with E-state index in [9.17, 15) is 4.79 Å². The molecule has 0 aliphatic heterocycles. The second kappa shape index (κ2) is 6.55. The molecule has 2 rings (SSSR count). The first-order chi connectivity index (χ1) is 9.16. The van der Waals surface area contributed by atoms with Crippen LogP contribution in [0.2, 0.25) is 0 Å². The van der Waals surface area contributed by atoms with Crippen LogP contribution >= 0.6 is 0 Å². The van der Waals surface area contributed by atoms with Crippen LogP contribution < -0.4 is 5.32 Å². The molecule has 0 spiro atoms. The van der Waals surface area contributed by atoms with Crippen molar-refractivity contribution >= 4 is 11.7 Å². The number of carboxylic acids is 1. The van der Waals surface area contributed by atoms with Gasteiger partial charge in [-0.2, -0.15) is 0 Å². The van der Waals surface area contributed by atoms with E-state index >= 15 is 0 Å². The Labute approximate surface area is 114 Å². The lowest BCUT2D eigenvalue weighted by Crippen LogP contribution is -2.14. The Hall–Kier alpha value is -1.58.